The molecule has 27 heavy (non-hydrogen) atoms. The fourth-order valence-corrected chi connectivity index (χ4v) is 6.47. The van der Waals surface area contributed by atoms with Crippen molar-refractivity contribution in [1.82, 2.24) is 10.2 Å². The van der Waals surface area contributed by atoms with Crippen molar-refractivity contribution < 1.29 is 4.79 Å². The number of aromatic nitrogens is 2. The number of amides is 1. The minimum Gasteiger partial charge on any atom is -0.296 e. The van der Waals surface area contributed by atoms with Gasteiger partial charge in [0.1, 0.15) is 5.01 Å². The van der Waals surface area contributed by atoms with E-state index in [0.29, 0.717) is 22.4 Å². The zero-order valence-electron chi connectivity index (χ0n) is 16.5. The lowest BCUT2D eigenvalue weighted by Crippen LogP contribution is -2.27. The van der Waals surface area contributed by atoms with Gasteiger partial charge < -0.3 is 0 Å². The smallest absolute Gasteiger partial charge is 0.258 e. The number of rotatable bonds is 3. The highest BCUT2D eigenvalue weighted by Gasteiger charge is 2.32. The Morgan fingerprint density at radius 1 is 1.15 bits per heavy atom. The molecule has 0 unspecified atom stereocenters. The summed E-state index contributed by atoms with van der Waals surface area (Å²) in [6, 6.07) is 0. The molecular formula is C21H29N3OS2. The summed E-state index contributed by atoms with van der Waals surface area (Å²) in [4.78, 5) is 14.2. The van der Waals surface area contributed by atoms with Crippen molar-refractivity contribution in [3.8, 4) is 0 Å². The number of anilines is 1. The van der Waals surface area contributed by atoms with Crippen LogP contribution in [0.15, 0.2) is 5.38 Å². The number of hydrogen-bond donors (Lipinski definition) is 1. The summed E-state index contributed by atoms with van der Waals surface area (Å²) in [6.45, 7) is 6.97. The predicted octanol–water partition coefficient (Wildman–Crippen LogP) is 6.05. The van der Waals surface area contributed by atoms with E-state index in [1.807, 2.05) is 5.38 Å². The van der Waals surface area contributed by atoms with E-state index >= 15 is 0 Å². The average Bonchev–Trinajstić information content (AvgIpc) is 3.28. The van der Waals surface area contributed by atoms with Crippen molar-refractivity contribution >= 4 is 33.7 Å². The molecule has 0 bridgehead atoms. The van der Waals surface area contributed by atoms with Crippen LogP contribution in [-0.2, 0) is 12.8 Å². The van der Waals surface area contributed by atoms with Crippen LogP contribution in [0.3, 0.4) is 0 Å². The van der Waals surface area contributed by atoms with Gasteiger partial charge in [0.15, 0.2) is 0 Å². The first-order chi connectivity index (χ1) is 12.9. The first-order valence-corrected chi connectivity index (χ1v) is 11.9. The van der Waals surface area contributed by atoms with Crippen molar-refractivity contribution in [2.24, 2.45) is 11.3 Å². The fraction of sp³-hybridized carbons (Fsp3) is 0.667. The summed E-state index contributed by atoms with van der Waals surface area (Å²) < 4.78 is 0. The zero-order chi connectivity index (χ0) is 19.0. The van der Waals surface area contributed by atoms with Gasteiger partial charge in [0.25, 0.3) is 5.91 Å². The summed E-state index contributed by atoms with van der Waals surface area (Å²) in [5.74, 6) is 1.21. The van der Waals surface area contributed by atoms with E-state index in [9.17, 15) is 4.79 Å². The molecule has 1 amide bonds. The van der Waals surface area contributed by atoms with Crippen LogP contribution in [0.25, 0.3) is 0 Å². The molecule has 4 nitrogen and oxygen atoms in total. The Bertz CT molecular complexity index is 812. The van der Waals surface area contributed by atoms with E-state index in [-0.39, 0.29) is 5.91 Å². The average molecular weight is 404 g/mol. The lowest BCUT2D eigenvalue weighted by molar-refractivity contribution is 0.102. The number of nitrogens with one attached hydrogen (secondary N) is 1. The largest absolute Gasteiger partial charge is 0.296 e. The monoisotopic (exact) mass is 403 g/mol. The molecule has 6 heteroatoms. The van der Waals surface area contributed by atoms with Crippen molar-refractivity contribution in [2.45, 2.75) is 78.1 Å². The lowest BCUT2D eigenvalue weighted by Gasteiger charge is -2.34. The Kier molecular flexibility index (Phi) is 5.39. The zero-order valence-corrected chi connectivity index (χ0v) is 18.1. The number of carbonyl (C=O) groups is 1. The Morgan fingerprint density at radius 3 is 2.67 bits per heavy atom. The summed E-state index contributed by atoms with van der Waals surface area (Å²) >= 11 is 3.30. The number of thiophene rings is 1. The molecule has 2 aliphatic rings. The van der Waals surface area contributed by atoms with Gasteiger partial charge in [-0.15, -0.1) is 21.5 Å². The Balaban J connectivity index is 1.44. The first-order valence-electron chi connectivity index (χ1n) is 10.2. The minimum absolute atomic E-state index is 0.0203. The predicted molar refractivity (Wildman–Crippen MR) is 113 cm³/mol. The molecular weight excluding hydrogens is 374 g/mol. The second kappa shape index (κ2) is 7.63. The highest BCUT2D eigenvalue weighted by Crippen LogP contribution is 2.41. The number of carbonyl (C=O) groups excluding carboxylic acids is 1. The lowest BCUT2D eigenvalue weighted by atomic mass is 9.72. The van der Waals surface area contributed by atoms with Crippen LogP contribution in [0.2, 0.25) is 0 Å². The van der Waals surface area contributed by atoms with Gasteiger partial charge in [-0.3, -0.25) is 10.1 Å². The normalized spacial score (nSPS) is 21.1. The number of hydrogen-bond acceptors (Lipinski definition) is 5. The van der Waals surface area contributed by atoms with Gasteiger partial charge >= 0.3 is 0 Å². The second-order valence-corrected chi connectivity index (χ2v) is 11.1. The van der Waals surface area contributed by atoms with Gasteiger partial charge in [0, 0.05) is 16.2 Å². The van der Waals surface area contributed by atoms with Gasteiger partial charge in [-0.1, -0.05) is 51.4 Å². The molecule has 1 atom stereocenters. The highest BCUT2D eigenvalue weighted by molar-refractivity contribution is 7.15. The standard InChI is InChI=1S/C21H29N3OS2/c1-21(2,3)14-9-10-15-16(12-26-17(15)11-14)18(25)22-20-24-23-19(27-20)13-7-5-4-6-8-13/h12-14H,4-11H2,1-3H3,(H,22,24,25)/t14-/m0/s1. The quantitative estimate of drug-likeness (QED) is 0.678. The van der Waals surface area contributed by atoms with Crippen molar-refractivity contribution in [3.05, 3.63) is 26.4 Å². The topological polar surface area (TPSA) is 54.9 Å². The number of fused-ring (bicyclic) bond motifs is 1. The van der Waals surface area contributed by atoms with E-state index in [1.165, 1.54) is 42.5 Å². The number of nitrogens with zero attached hydrogens (tertiary/aromatic N) is 2. The fourth-order valence-electron chi connectivity index (χ4n) is 4.41. The molecule has 0 aliphatic heterocycles. The minimum atomic E-state index is -0.0203. The van der Waals surface area contributed by atoms with E-state index in [4.69, 9.17) is 0 Å². The molecule has 0 radical (unpaired) electrons. The van der Waals surface area contributed by atoms with Crippen LogP contribution < -0.4 is 5.32 Å². The SMILES string of the molecule is CC(C)(C)[C@H]1CCc2c(C(=O)Nc3nnc(C4CCCCC4)s3)csc2C1. The molecule has 0 spiro atoms. The van der Waals surface area contributed by atoms with Gasteiger partial charge in [0.05, 0.1) is 5.56 Å². The van der Waals surface area contributed by atoms with Gasteiger partial charge in [-0.05, 0) is 49.0 Å². The Labute approximate surface area is 169 Å². The van der Waals surface area contributed by atoms with Crippen LogP contribution in [-0.4, -0.2) is 16.1 Å². The maximum atomic E-state index is 12.8. The maximum Gasteiger partial charge on any atom is 0.258 e. The van der Waals surface area contributed by atoms with Gasteiger partial charge in [0.2, 0.25) is 5.13 Å². The molecule has 146 valence electrons. The van der Waals surface area contributed by atoms with Crippen LogP contribution in [0.4, 0.5) is 5.13 Å². The molecule has 1 saturated carbocycles. The summed E-state index contributed by atoms with van der Waals surface area (Å²) in [6.07, 6.45) is 9.57. The molecule has 2 heterocycles. The van der Waals surface area contributed by atoms with Crippen LogP contribution in [0.5, 0.6) is 0 Å². The van der Waals surface area contributed by atoms with Crippen LogP contribution >= 0.6 is 22.7 Å². The third-order valence-electron chi connectivity index (χ3n) is 6.24. The molecule has 0 aromatic carbocycles. The van der Waals surface area contributed by atoms with Crippen LogP contribution in [0.1, 0.15) is 91.0 Å². The molecule has 1 N–H and O–H groups in total. The molecule has 2 aromatic rings. The van der Waals surface area contributed by atoms with Gasteiger partial charge in [-0.2, -0.15) is 0 Å². The first kappa shape index (κ1) is 19.1. The maximum absolute atomic E-state index is 12.8. The third-order valence-corrected chi connectivity index (χ3v) is 8.29. The summed E-state index contributed by atoms with van der Waals surface area (Å²) in [5, 5.41) is 15.4. The third kappa shape index (κ3) is 4.11. The van der Waals surface area contributed by atoms with E-state index in [2.05, 4.69) is 36.3 Å². The van der Waals surface area contributed by atoms with Gasteiger partial charge in [-0.25, -0.2) is 0 Å². The molecule has 0 saturated heterocycles. The molecule has 4 rings (SSSR count). The Hall–Kier alpha value is -1.27. The molecule has 2 aliphatic carbocycles. The van der Waals surface area contributed by atoms with E-state index in [1.54, 1.807) is 22.7 Å². The van der Waals surface area contributed by atoms with E-state index < -0.39 is 0 Å². The van der Waals surface area contributed by atoms with Crippen molar-refractivity contribution in [1.29, 1.82) is 0 Å². The summed E-state index contributed by atoms with van der Waals surface area (Å²) in [7, 11) is 0. The van der Waals surface area contributed by atoms with Crippen molar-refractivity contribution in [3.63, 3.8) is 0 Å². The van der Waals surface area contributed by atoms with Crippen molar-refractivity contribution in [2.75, 3.05) is 5.32 Å². The van der Waals surface area contributed by atoms with E-state index in [0.717, 1.165) is 29.8 Å². The molecule has 2 aromatic heterocycles. The van der Waals surface area contributed by atoms with Crippen LogP contribution in [0, 0.1) is 11.3 Å². The Morgan fingerprint density at radius 2 is 1.93 bits per heavy atom. The molecule has 1 fully saturated rings. The summed E-state index contributed by atoms with van der Waals surface area (Å²) in [5.41, 5.74) is 2.43. The highest BCUT2D eigenvalue weighted by atomic mass is 32.1. The second-order valence-electron chi connectivity index (χ2n) is 9.09.